The van der Waals surface area contributed by atoms with E-state index in [4.69, 9.17) is 0 Å². The van der Waals surface area contributed by atoms with Gasteiger partial charge in [0.25, 0.3) is 0 Å². The molecule has 1 aromatic rings. The van der Waals surface area contributed by atoms with Crippen LogP contribution in [0.1, 0.15) is 43.7 Å². The first kappa shape index (κ1) is 18.3. The van der Waals surface area contributed by atoms with E-state index in [2.05, 4.69) is 53.7 Å². The molecule has 0 fully saturated rings. The third-order valence-electron chi connectivity index (χ3n) is 4.41. The molecule has 4 heteroatoms. The SMILES string of the molecule is CCC(CC)CNC(=NC)NCC1Cc2ccccc21.I. The quantitative estimate of drug-likeness (QED) is 0.435. The lowest BCUT2D eigenvalue weighted by atomic mass is 9.78. The van der Waals surface area contributed by atoms with Crippen molar-refractivity contribution < 1.29 is 0 Å². The lowest BCUT2D eigenvalue weighted by Gasteiger charge is -2.30. The number of hydrogen-bond acceptors (Lipinski definition) is 1. The van der Waals surface area contributed by atoms with E-state index >= 15 is 0 Å². The highest BCUT2D eigenvalue weighted by Crippen LogP contribution is 2.33. The fourth-order valence-electron chi connectivity index (χ4n) is 2.80. The molecular weight excluding hydrogens is 373 g/mol. The Kier molecular flexibility index (Phi) is 8.07. The molecule has 21 heavy (non-hydrogen) atoms. The van der Waals surface area contributed by atoms with Gasteiger partial charge in [-0.25, -0.2) is 0 Å². The van der Waals surface area contributed by atoms with Crippen molar-refractivity contribution in [2.24, 2.45) is 10.9 Å². The van der Waals surface area contributed by atoms with E-state index < -0.39 is 0 Å². The van der Waals surface area contributed by atoms with E-state index in [1.807, 2.05) is 7.05 Å². The van der Waals surface area contributed by atoms with E-state index in [0.29, 0.717) is 5.92 Å². The monoisotopic (exact) mass is 401 g/mol. The second-order valence-corrected chi connectivity index (χ2v) is 5.62. The first-order chi connectivity index (χ1) is 9.78. The van der Waals surface area contributed by atoms with Crippen molar-refractivity contribution in [2.75, 3.05) is 20.1 Å². The number of hydrogen-bond donors (Lipinski definition) is 2. The topological polar surface area (TPSA) is 36.4 Å². The third kappa shape index (κ3) is 4.87. The average molecular weight is 401 g/mol. The number of halogens is 1. The molecule has 1 unspecified atom stereocenters. The molecule has 118 valence electrons. The van der Waals surface area contributed by atoms with Crippen molar-refractivity contribution in [2.45, 2.75) is 39.0 Å². The molecule has 0 bridgehead atoms. The van der Waals surface area contributed by atoms with Crippen LogP contribution in [0.5, 0.6) is 0 Å². The lowest BCUT2D eigenvalue weighted by Crippen LogP contribution is -2.42. The maximum atomic E-state index is 4.31. The third-order valence-corrected chi connectivity index (χ3v) is 4.41. The molecule has 0 spiro atoms. The van der Waals surface area contributed by atoms with Gasteiger partial charge in [-0.2, -0.15) is 0 Å². The zero-order valence-corrected chi connectivity index (χ0v) is 15.7. The molecule has 0 radical (unpaired) electrons. The summed E-state index contributed by atoms with van der Waals surface area (Å²) in [7, 11) is 1.84. The van der Waals surface area contributed by atoms with Crippen LogP contribution in [-0.2, 0) is 6.42 Å². The lowest BCUT2D eigenvalue weighted by molar-refractivity contribution is 0.479. The zero-order valence-electron chi connectivity index (χ0n) is 13.4. The Morgan fingerprint density at radius 2 is 1.95 bits per heavy atom. The van der Waals surface area contributed by atoms with Gasteiger partial charge in [-0.3, -0.25) is 4.99 Å². The van der Waals surface area contributed by atoms with Gasteiger partial charge in [0.1, 0.15) is 0 Å². The maximum absolute atomic E-state index is 4.31. The highest BCUT2D eigenvalue weighted by Gasteiger charge is 2.25. The number of fused-ring (bicyclic) bond motifs is 1. The van der Waals surface area contributed by atoms with Gasteiger partial charge in [-0.15, -0.1) is 24.0 Å². The van der Waals surface area contributed by atoms with E-state index in [0.717, 1.165) is 25.0 Å². The molecule has 0 aromatic heterocycles. The van der Waals surface area contributed by atoms with Gasteiger partial charge < -0.3 is 10.6 Å². The van der Waals surface area contributed by atoms with Crippen molar-refractivity contribution in [3.05, 3.63) is 35.4 Å². The maximum Gasteiger partial charge on any atom is 0.191 e. The molecule has 0 saturated carbocycles. The standard InChI is InChI=1S/C17H27N3.HI/c1-4-13(5-2)11-19-17(18-3)20-12-15-10-14-8-6-7-9-16(14)15;/h6-9,13,15H,4-5,10-12H2,1-3H3,(H2,18,19,20);1H. The van der Waals surface area contributed by atoms with Crippen LogP contribution in [0.15, 0.2) is 29.3 Å². The summed E-state index contributed by atoms with van der Waals surface area (Å²) in [4.78, 5) is 4.31. The zero-order chi connectivity index (χ0) is 14.4. The van der Waals surface area contributed by atoms with E-state index in [1.165, 1.54) is 30.4 Å². The van der Waals surface area contributed by atoms with Crippen LogP contribution in [0.25, 0.3) is 0 Å². The second kappa shape index (κ2) is 9.28. The van der Waals surface area contributed by atoms with Crippen LogP contribution in [0, 0.1) is 5.92 Å². The van der Waals surface area contributed by atoms with Crippen LogP contribution in [0.2, 0.25) is 0 Å². The number of aliphatic imine (C=N–C) groups is 1. The summed E-state index contributed by atoms with van der Waals surface area (Å²) in [6, 6.07) is 8.72. The molecule has 1 aromatic carbocycles. The average Bonchev–Trinajstić information content (AvgIpc) is 2.47. The molecule has 0 saturated heterocycles. The summed E-state index contributed by atoms with van der Waals surface area (Å²) in [5, 5.41) is 6.89. The van der Waals surface area contributed by atoms with Gasteiger partial charge in [-0.05, 0) is 23.5 Å². The Morgan fingerprint density at radius 3 is 2.57 bits per heavy atom. The summed E-state index contributed by atoms with van der Waals surface area (Å²) in [6.45, 7) is 6.47. The van der Waals surface area contributed by atoms with Crippen LogP contribution >= 0.6 is 24.0 Å². The second-order valence-electron chi connectivity index (χ2n) is 5.62. The predicted molar refractivity (Wildman–Crippen MR) is 102 cm³/mol. The number of benzene rings is 1. The molecular formula is C17H28IN3. The van der Waals surface area contributed by atoms with Gasteiger partial charge >= 0.3 is 0 Å². The molecule has 0 amide bonds. The number of rotatable bonds is 6. The van der Waals surface area contributed by atoms with E-state index in [9.17, 15) is 0 Å². The van der Waals surface area contributed by atoms with E-state index in [-0.39, 0.29) is 24.0 Å². The molecule has 1 atom stereocenters. The Bertz CT molecular complexity index is 455. The van der Waals surface area contributed by atoms with Gasteiger partial charge in [0.15, 0.2) is 5.96 Å². The Balaban J connectivity index is 0.00000220. The molecule has 3 nitrogen and oxygen atoms in total. The fraction of sp³-hybridized carbons (Fsp3) is 0.588. The van der Waals surface area contributed by atoms with Crippen molar-refractivity contribution in [1.82, 2.24) is 10.6 Å². The number of nitrogens with zero attached hydrogens (tertiary/aromatic N) is 1. The minimum absolute atomic E-state index is 0. The van der Waals surface area contributed by atoms with Gasteiger partial charge in [0, 0.05) is 26.1 Å². The number of guanidine groups is 1. The minimum Gasteiger partial charge on any atom is -0.356 e. The highest BCUT2D eigenvalue weighted by atomic mass is 127. The summed E-state index contributed by atoms with van der Waals surface area (Å²) < 4.78 is 0. The van der Waals surface area contributed by atoms with Crippen LogP contribution in [0.4, 0.5) is 0 Å². The highest BCUT2D eigenvalue weighted by molar-refractivity contribution is 14.0. The molecule has 2 N–H and O–H groups in total. The van der Waals surface area contributed by atoms with E-state index in [1.54, 1.807) is 0 Å². The van der Waals surface area contributed by atoms with Crippen molar-refractivity contribution in [1.29, 1.82) is 0 Å². The first-order valence-electron chi connectivity index (χ1n) is 7.80. The van der Waals surface area contributed by atoms with Crippen LogP contribution in [0.3, 0.4) is 0 Å². The smallest absolute Gasteiger partial charge is 0.191 e. The van der Waals surface area contributed by atoms with Crippen LogP contribution < -0.4 is 10.6 Å². The van der Waals surface area contributed by atoms with Crippen molar-refractivity contribution in [3.63, 3.8) is 0 Å². The molecule has 0 heterocycles. The minimum atomic E-state index is 0. The number of nitrogens with one attached hydrogen (secondary N) is 2. The van der Waals surface area contributed by atoms with Crippen molar-refractivity contribution in [3.8, 4) is 0 Å². The molecule has 1 aliphatic rings. The molecule has 0 aliphatic heterocycles. The summed E-state index contributed by atoms with van der Waals surface area (Å²) in [6.07, 6.45) is 3.62. The largest absolute Gasteiger partial charge is 0.356 e. The predicted octanol–water partition coefficient (Wildman–Crippen LogP) is 3.55. The Hall–Kier alpha value is -0.780. The summed E-state index contributed by atoms with van der Waals surface area (Å²) >= 11 is 0. The Morgan fingerprint density at radius 1 is 1.24 bits per heavy atom. The fourth-order valence-corrected chi connectivity index (χ4v) is 2.80. The molecule has 1 aliphatic carbocycles. The molecule has 2 rings (SSSR count). The summed E-state index contributed by atoms with van der Waals surface area (Å²) in [5.41, 5.74) is 3.00. The first-order valence-corrected chi connectivity index (χ1v) is 7.80. The Labute approximate surface area is 146 Å². The van der Waals surface area contributed by atoms with Gasteiger partial charge in [0.05, 0.1) is 0 Å². The van der Waals surface area contributed by atoms with Crippen molar-refractivity contribution >= 4 is 29.9 Å². The van der Waals surface area contributed by atoms with Gasteiger partial charge in [-0.1, -0.05) is 51.0 Å². The van der Waals surface area contributed by atoms with Gasteiger partial charge in [0.2, 0.25) is 0 Å². The normalized spacial score (nSPS) is 16.8. The van der Waals surface area contributed by atoms with Crippen LogP contribution in [-0.4, -0.2) is 26.1 Å². The summed E-state index contributed by atoms with van der Waals surface area (Å²) in [5.74, 6) is 2.30.